The molecule has 3 heteroatoms. The number of carbonyl (C=O) groups is 1. The summed E-state index contributed by atoms with van der Waals surface area (Å²) >= 11 is 0. The average Bonchev–Trinajstić information content (AvgIpc) is 2.28. The third kappa shape index (κ3) is 2.87. The van der Waals surface area contributed by atoms with Crippen molar-refractivity contribution in [3.05, 3.63) is 34.9 Å². The van der Waals surface area contributed by atoms with Crippen LogP contribution < -0.4 is 0 Å². The summed E-state index contributed by atoms with van der Waals surface area (Å²) in [5.74, 6) is 4.52. The van der Waals surface area contributed by atoms with Crippen LogP contribution in [-0.4, -0.2) is 12.6 Å². The molecule has 0 fully saturated rings. The molecule has 0 amide bonds. The van der Waals surface area contributed by atoms with E-state index in [0.29, 0.717) is 17.7 Å². The Morgan fingerprint density at radius 3 is 2.75 bits per heavy atom. The minimum Gasteiger partial charge on any atom is -0.456 e. The molecule has 0 N–H and O–H groups in total. The van der Waals surface area contributed by atoms with Gasteiger partial charge in [-0.3, -0.25) is 0 Å². The lowest BCUT2D eigenvalue weighted by atomic mass is 10.0. The van der Waals surface area contributed by atoms with E-state index in [1.54, 1.807) is 32.0 Å². The van der Waals surface area contributed by atoms with Crippen molar-refractivity contribution in [2.75, 3.05) is 6.61 Å². The Kier molecular flexibility index (Phi) is 4.12. The Labute approximate surface area is 94.7 Å². The quantitative estimate of drug-likeness (QED) is 0.527. The van der Waals surface area contributed by atoms with Crippen molar-refractivity contribution >= 4 is 5.97 Å². The van der Waals surface area contributed by atoms with Crippen LogP contribution in [0.25, 0.3) is 0 Å². The van der Waals surface area contributed by atoms with Crippen LogP contribution in [-0.2, 0) is 9.53 Å². The maximum absolute atomic E-state index is 11.0. The first-order chi connectivity index (χ1) is 7.69. The first kappa shape index (κ1) is 11.8. The van der Waals surface area contributed by atoms with Crippen molar-refractivity contribution in [1.82, 2.24) is 0 Å². The fourth-order valence-corrected chi connectivity index (χ4v) is 1.18. The molecular formula is C13H11NO2. The molecule has 0 radical (unpaired) electrons. The molecule has 0 atom stereocenters. The zero-order valence-electron chi connectivity index (χ0n) is 9.20. The monoisotopic (exact) mass is 213 g/mol. The van der Waals surface area contributed by atoms with E-state index in [2.05, 4.69) is 22.6 Å². The summed E-state index contributed by atoms with van der Waals surface area (Å²) in [6, 6.07) is 7.28. The lowest BCUT2D eigenvalue weighted by molar-refractivity contribution is -0.136. The van der Waals surface area contributed by atoms with Gasteiger partial charge in [0.15, 0.2) is 0 Å². The second-order valence-corrected chi connectivity index (χ2v) is 3.06. The highest BCUT2D eigenvalue weighted by atomic mass is 16.5. The number of hydrogen-bond donors (Lipinski definition) is 0. The second kappa shape index (κ2) is 5.58. The SMILES string of the molecule is CCOC(=O)C#Cc1cccc(C#N)c1C. The molecule has 0 aliphatic heterocycles. The van der Waals surface area contributed by atoms with Crippen LogP contribution in [0.3, 0.4) is 0 Å². The lowest BCUT2D eigenvalue weighted by Gasteiger charge is -1.99. The van der Waals surface area contributed by atoms with Crippen molar-refractivity contribution in [3.63, 3.8) is 0 Å². The summed E-state index contributed by atoms with van der Waals surface area (Å²) in [6.07, 6.45) is 0. The van der Waals surface area contributed by atoms with E-state index in [9.17, 15) is 4.79 Å². The maximum atomic E-state index is 11.0. The zero-order chi connectivity index (χ0) is 12.0. The number of nitrogens with zero attached hydrogens (tertiary/aromatic N) is 1. The van der Waals surface area contributed by atoms with Crippen LogP contribution in [0.5, 0.6) is 0 Å². The summed E-state index contributed by atoms with van der Waals surface area (Å²) in [5, 5.41) is 8.81. The molecule has 0 saturated heterocycles. The van der Waals surface area contributed by atoms with Gasteiger partial charge in [0.25, 0.3) is 0 Å². The van der Waals surface area contributed by atoms with E-state index in [1.807, 2.05) is 0 Å². The largest absolute Gasteiger partial charge is 0.456 e. The van der Waals surface area contributed by atoms with Crippen molar-refractivity contribution in [1.29, 1.82) is 5.26 Å². The predicted molar refractivity (Wildman–Crippen MR) is 59.4 cm³/mol. The van der Waals surface area contributed by atoms with Crippen LogP contribution in [0.15, 0.2) is 18.2 Å². The minimum atomic E-state index is -0.552. The highest BCUT2D eigenvalue weighted by molar-refractivity contribution is 5.89. The molecule has 1 aromatic rings. The Balaban J connectivity index is 2.99. The van der Waals surface area contributed by atoms with Gasteiger partial charge < -0.3 is 4.74 Å². The number of esters is 1. The van der Waals surface area contributed by atoms with E-state index in [-0.39, 0.29) is 0 Å². The number of rotatable bonds is 1. The van der Waals surface area contributed by atoms with Gasteiger partial charge in [-0.1, -0.05) is 12.0 Å². The van der Waals surface area contributed by atoms with Crippen LogP contribution in [0.1, 0.15) is 23.6 Å². The van der Waals surface area contributed by atoms with E-state index >= 15 is 0 Å². The van der Waals surface area contributed by atoms with Gasteiger partial charge in [-0.2, -0.15) is 5.26 Å². The van der Waals surface area contributed by atoms with Crippen molar-refractivity contribution < 1.29 is 9.53 Å². The molecule has 0 spiro atoms. The molecule has 80 valence electrons. The van der Waals surface area contributed by atoms with Gasteiger partial charge in [0.05, 0.1) is 18.2 Å². The molecule has 1 rings (SSSR count). The standard InChI is InChI=1S/C13H11NO2/c1-3-16-13(15)8-7-11-5-4-6-12(9-14)10(11)2/h4-6H,3H2,1-2H3. The molecule has 0 bridgehead atoms. The summed E-state index contributed by atoms with van der Waals surface area (Å²) in [6.45, 7) is 3.83. The molecule has 3 nitrogen and oxygen atoms in total. The normalized spacial score (nSPS) is 8.56. The van der Waals surface area contributed by atoms with Gasteiger partial charge in [0.2, 0.25) is 0 Å². The molecular weight excluding hydrogens is 202 g/mol. The van der Waals surface area contributed by atoms with Gasteiger partial charge >= 0.3 is 5.97 Å². The Bertz CT molecular complexity index is 501. The maximum Gasteiger partial charge on any atom is 0.384 e. The Morgan fingerprint density at radius 2 is 2.12 bits per heavy atom. The minimum absolute atomic E-state index is 0.310. The summed E-state index contributed by atoms with van der Waals surface area (Å²) in [5.41, 5.74) is 2.02. The average molecular weight is 213 g/mol. The molecule has 16 heavy (non-hydrogen) atoms. The molecule has 0 aliphatic rings. The fourth-order valence-electron chi connectivity index (χ4n) is 1.18. The lowest BCUT2D eigenvalue weighted by Crippen LogP contribution is -1.99. The summed E-state index contributed by atoms with van der Waals surface area (Å²) < 4.78 is 4.68. The number of hydrogen-bond acceptors (Lipinski definition) is 3. The highest BCUT2D eigenvalue weighted by Crippen LogP contribution is 2.11. The molecule has 0 aliphatic carbocycles. The molecule has 0 unspecified atom stereocenters. The van der Waals surface area contributed by atoms with Crippen LogP contribution >= 0.6 is 0 Å². The summed E-state index contributed by atoms with van der Waals surface area (Å²) in [7, 11) is 0. The van der Waals surface area contributed by atoms with Crippen molar-refractivity contribution in [2.24, 2.45) is 0 Å². The highest BCUT2D eigenvalue weighted by Gasteiger charge is 2.01. The molecule has 1 aromatic carbocycles. The summed E-state index contributed by atoms with van der Waals surface area (Å²) in [4.78, 5) is 11.0. The van der Waals surface area contributed by atoms with E-state index in [4.69, 9.17) is 5.26 Å². The van der Waals surface area contributed by atoms with Crippen molar-refractivity contribution in [2.45, 2.75) is 13.8 Å². The van der Waals surface area contributed by atoms with Gasteiger partial charge in [-0.25, -0.2) is 4.79 Å². The van der Waals surface area contributed by atoms with Gasteiger partial charge in [0.1, 0.15) is 0 Å². The van der Waals surface area contributed by atoms with E-state index in [0.717, 1.165) is 5.56 Å². The third-order valence-electron chi connectivity index (χ3n) is 2.03. The number of carbonyl (C=O) groups excluding carboxylic acids is 1. The molecule has 0 heterocycles. The Hall–Kier alpha value is -2.26. The van der Waals surface area contributed by atoms with Crippen LogP contribution in [0.2, 0.25) is 0 Å². The number of nitriles is 1. The molecule has 0 saturated carbocycles. The van der Waals surface area contributed by atoms with Crippen LogP contribution in [0.4, 0.5) is 0 Å². The number of benzene rings is 1. The fraction of sp³-hybridized carbons (Fsp3) is 0.231. The Morgan fingerprint density at radius 1 is 1.44 bits per heavy atom. The molecule has 0 aromatic heterocycles. The van der Waals surface area contributed by atoms with E-state index < -0.39 is 5.97 Å². The second-order valence-electron chi connectivity index (χ2n) is 3.06. The van der Waals surface area contributed by atoms with Gasteiger partial charge in [-0.05, 0) is 31.5 Å². The van der Waals surface area contributed by atoms with Gasteiger partial charge in [0, 0.05) is 11.5 Å². The number of ether oxygens (including phenoxy) is 1. The first-order valence-electron chi connectivity index (χ1n) is 4.87. The van der Waals surface area contributed by atoms with E-state index in [1.165, 1.54) is 0 Å². The topological polar surface area (TPSA) is 50.1 Å². The predicted octanol–water partition coefficient (Wildman–Crippen LogP) is 1.78. The smallest absolute Gasteiger partial charge is 0.384 e. The van der Waals surface area contributed by atoms with Gasteiger partial charge in [-0.15, -0.1) is 0 Å². The third-order valence-corrected chi connectivity index (χ3v) is 2.03. The zero-order valence-corrected chi connectivity index (χ0v) is 9.20. The van der Waals surface area contributed by atoms with Crippen LogP contribution in [0, 0.1) is 30.1 Å². The first-order valence-corrected chi connectivity index (χ1v) is 4.87. The van der Waals surface area contributed by atoms with Crippen molar-refractivity contribution in [3.8, 4) is 17.9 Å².